The van der Waals surface area contributed by atoms with Crippen LogP contribution in [0, 0.1) is 6.92 Å². The molecule has 1 fully saturated rings. The maximum Gasteiger partial charge on any atom is 0.319 e. The molecule has 1 aliphatic carbocycles. The van der Waals surface area contributed by atoms with E-state index in [2.05, 4.69) is 10.6 Å². The van der Waals surface area contributed by atoms with Gasteiger partial charge in [-0.3, -0.25) is 0 Å². The van der Waals surface area contributed by atoms with Gasteiger partial charge in [0.15, 0.2) is 0 Å². The molecule has 1 aromatic rings. The topological polar surface area (TPSA) is 101 Å². The minimum absolute atomic E-state index is 0.0387. The molecule has 20 heavy (non-hydrogen) atoms. The Morgan fingerprint density at radius 3 is 2.50 bits per heavy atom. The molecule has 0 aliphatic heterocycles. The second-order valence-corrected chi connectivity index (χ2v) is 6.66. The first kappa shape index (κ1) is 14.8. The summed E-state index contributed by atoms with van der Waals surface area (Å²) < 4.78 is 22.5. The van der Waals surface area contributed by atoms with Gasteiger partial charge in [0.1, 0.15) is 0 Å². The van der Waals surface area contributed by atoms with E-state index in [1.807, 2.05) is 0 Å². The van der Waals surface area contributed by atoms with Gasteiger partial charge in [-0.1, -0.05) is 12.8 Å². The van der Waals surface area contributed by atoms with Crippen molar-refractivity contribution in [2.45, 2.75) is 43.5 Å². The van der Waals surface area contributed by atoms with Crippen molar-refractivity contribution in [3.8, 4) is 0 Å². The summed E-state index contributed by atoms with van der Waals surface area (Å²) in [5.74, 6) is 0. The first-order chi connectivity index (χ1) is 9.36. The average Bonchev–Trinajstić information content (AvgIpc) is 2.83. The summed E-state index contributed by atoms with van der Waals surface area (Å²) in [5.41, 5.74) is 1.23. The van der Waals surface area contributed by atoms with Crippen LogP contribution in [0.2, 0.25) is 0 Å². The zero-order valence-electron chi connectivity index (χ0n) is 11.3. The van der Waals surface area contributed by atoms with E-state index in [0.29, 0.717) is 11.3 Å². The molecule has 0 atom stereocenters. The molecule has 2 amide bonds. The molecule has 1 saturated carbocycles. The van der Waals surface area contributed by atoms with Crippen LogP contribution in [0.1, 0.15) is 31.2 Å². The van der Waals surface area contributed by atoms with Gasteiger partial charge in [-0.25, -0.2) is 18.4 Å². The highest BCUT2D eigenvalue weighted by Gasteiger charge is 2.17. The number of anilines is 1. The lowest BCUT2D eigenvalue weighted by Gasteiger charge is -2.14. The van der Waals surface area contributed by atoms with Gasteiger partial charge < -0.3 is 10.6 Å². The summed E-state index contributed by atoms with van der Waals surface area (Å²) in [5, 5.41) is 10.7. The Hall–Kier alpha value is -1.60. The summed E-state index contributed by atoms with van der Waals surface area (Å²) in [6.07, 6.45) is 4.31. The molecule has 0 aromatic heterocycles. The Kier molecular flexibility index (Phi) is 4.29. The molecule has 110 valence electrons. The summed E-state index contributed by atoms with van der Waals surface area (Å²) >= 11 is 0. The molecule has 6 nitrogen and oxygen atoms in total. The van der Waals surface area contributed by atoms with Gasteiger partial charge in [-0.05, 0) is 43.5 Å². The highest BCUT2D eigenvalue weighted by molar-refractivity contribution is 7.89. The van der Waals surface area contributed by atoms with Crippen molar-refractivity contribution in [1.82, 2.24) is 5.32 Å². The molecule has 0 unspecified atom stereocenters. The normalized spacial score (nSPS) is 16.1. The van der Waals surface area contributed by atoms with Crippen LogP contribution < -0.4 is 15.8 Å². The lowest BCUT2D eigenvalue weighted by atomic mass is 10.2. The fourth-order valence-corrected chi connectivity index (χ4v) is 2.97. The monoisotopic (exact) mass is 297 g/mol. The molecule has 1 aliphatic rings. The number of urea groups is 1. The van der Waals surface area contributed by atoms with Crippen LogP contribution in [0.15, 0.2) is 23.1 Å². The third-order valence-corrected chi connectivity index (χ3v) is 4.38. The van der Waals surface area contributed by atoms with Crippen LogP contribution in [0.4, 0.5) is 10.5 Å². The Balaban J connectivity index is 2.04. The van der Waals surface area contributed by atoms with Crippen LogP contribution in [-0.4, -0.2) is 20.5 Å². The van der Waals surface area contributed by atoms with Gasteiger partial charge in [0, 0.05) is 11.7 Å². The number of nitrogens with two attached hydrogens (primary N) is 1. The quantitative estimate of drug-likeness (QED) is 0.791. The number of rotatable bonds is 3. The Morgan fingerprint density at radius 2 is 1.95 bits per heavy atom. The van der Waals surface area contributed by atoms with Crippen molar-refractivity contribution in [3.63, 3.8) is 0 Å². The van der Waals surface area contributed by atoms with Crippen molar-refractivity contribution < 1.29 is 13.2 Å². The van der Waals surface area contributed by atoms with E-state index in [4.69, 9.17) is 5.14 Å². The lowest BCUT2D eigenvalue weighted by molar-refractivity contribution is 0.248. The number of hydrogen-bond donors (Lipinski definition) is 3. The van der Waals surface area contributed by atoms with E-state index in [0.717, 1.165) is 25.7 Å². The van der Waals surface area contributed by atoms with Gasteiger partial charge >= 0.3 is 6.03 Å². The average molecular weight is 297 g/mol. The molecule has 0 spiro atoms. The van der Waals surface area contributed by atoms with E-state index in [1.54, 1.807) is 13.0 Å². The zero-order chi connectivity index (χ0) is 14.8. The molecule has 0 saturated heterocycles. The van der Waals surface area contributed by atoms with Crippen molar-refractivity contribution in [2.75, 3.05) is 5.32 Å². The SMILES string of the molecule is Cc1cc(S(N)(=O)=O)ccc1NC(=O)NC1CCCC1. The predicted molar refractivity (Wildman–Crippen MR) is 77.0 cm³/mol. The van der Waals surface area contributed by atoms with E-state index in [1.165, 1.54) is 12.1 Å². The van der Waals surface area contributed by atoms with Gasteiger partial charge in [0.2, 0.25) is 10.0 Å². The number of carbonyl (C=O) groups excluding carboxylic acids is 1. The highest BCUT2D eigenvalue weighted by atomic mass is 32.2. The van der Waals surface area contributed by atoms with E-state index >= 15 is 0 Å². The Morgan fingerprint density at radius 1 is 1.30 bits per heavy atom. The van der Waals surface area contributed by atoms with E-state index < -0.39 is 10.0 Å². The maximum atomic E-state index is 11.8. The Bertz CT molecular complexity index is 607. The number of carbonyl (C=O) groups is 1. The number of hydrogen-bond acceptors (Lipinski definition) is 3. The third kappa shape index (κ3) is 3.71. The van der Waals surface area contributed by atoms with Crippen LogP contribution in [-0.2, 0) is 10.0 Å². The highest BCUT2D eigenvalue weighted by Crippen LogP contribution is 2.20. The maximum absolute atomic E-state index is 11.8. The van der Waals surface area contributed by atoms with Crippen LogP contribution in [0.25, 0.3) is 0 Å². The second kappa shape index (κ2) is 5.80. The van der Waals surface area contributed by atoms with Crippen LogP contribution >= 0.6 is 0 Å². The first-order valence-electron chi connectivity index (χ1n) is 6.57. The summed E-state index contributed by atoms with van der Waals surface area (Å²) in [6, 6.07) is 4.35. The van der Waals surface area contributed by atoms with Crippen LogP contribution in [0.3, 0.4) is 0 Å². The van der Waals surface area contributed by atoms with E-state index in [9.17, 15) is 13.2 Å². The van der Waals surface area contributed by atoms with Crippen molar-refractivity contribution in [1.29, 1.82) is 0 Å². The van der Waals surface area contributed by atoms with Crippen molar-refractivity contribution in [3.05, 3.63) is 23.8 Å². The minimum atomic E-state index is -3.72. The third-order valence-electron chi connectivity index (χ3n) is 3.46. The smallest absolute Gasteiger partial charge is 0.319 e. The van der Waals surface area contributed by atoms with Gasteiger partial charge in [0.05, 0.1) is 4.90 Å². The van der Waals surface area contributed by atoms with Gasteiger partial charge in [0.25, 0.3) is 0 Å². The van der Waals surface area contributed by atoms with E-state index in [-0.39, 0.29) is 17.0 Å². The molecule has 0 radical (unpaired) electrons. The summed E-state index contributed by atoms with van der Waals surface area (Å²) in [7, 11) is -3.72. The number of primary sulfonamides is 1. The molecule has 7 heteroatoms. The van der Waals surface area contributed by atoms with Crippen molar-refractivity contribution >= 4 is 21.7 Å². The molecule has 0 heterocycles. The standard InChI is InChI=1S/C13H19N3O3S/c1-9-8-11(20(14,18)19)6-7-12(9)16-13(17)15-10-4-2-3-5-10/h6-8,10H,2-5H2,1H3,(H2,14,18,19)(H2,15,16,17). The lowest BCUT2D eigenvalue weighted by Crippen LogP contribution is -2.36. The fraction of sp³-hybridized carbons (Fsp3) is 0.462. The number of aryl methyl sites for hydroxylation is 1. The van der Waals surface area contributed by atoms with Crippen molar-refractivity contribution in [2.24, 2.45) is 5.14 Å². The molecule has 0 bridgehead atoms. The largest absolute Gasteiger partial charge is 0.335 e. The first-order valence-corrected chi connectivity index (χ1v) is 8.12. The minimum Gasteiger partial charge on any atom is -0.335 e. The summed E-state index contributed by atoms with van der Waals surface area (Å²) in [4.78, 5) is 11.9. The summed E-state index contributed by atoms with van der Waals surface area (Å²) in [6.45, 7) is 1.72. The molecule has 1 aromatic carbocycles. The number of nitrogens with one attached hydrogen (secondary N) is 2. The van der Waals surface area contributed by atoms with Gasteiger partial charge in [-0.2, -0.15) is 0 Å². The second-order valence-electron chi connectivity index (χ2n) is 5.10. The number of sulfonamides is 1. The number of benzene rings is 1. The number of amides is 2. The zero-order valence-corrected chi connectivity index (χ0v) is 12.2. The Labute approximate surface area is 118 Å². The molecular weight excluding hydrogens is 278 g/mol. The van der Waals surface area contributed by atoms with Gasteiger partial charge in [-0.15, -0.1) is 0 Å². The molecule has 4 N–H and O–H groups in total. The fourth-order valence-electron chi connectivity index (χ4n) is 2.37. The molecule has 2 rings (SSSR count). The predicted octanol–water partition coefficient (Wildman–Crippen LogP) is 1.71. The molecular formula is C13H19N3O3S. The van der Waals surface area contributed by atoms with Crippen LogP contribution in [0.5, 0.6) is 0 Å².